The van der Waals surface area contributed by atoms with E-state index in [1.807, 2.05) is 6.92 Å². The molecule has 0 bridgehead atoms. The Hall–Kier alpha value is -1.21. The molecule has 49 heavy (non-hydrogen) atoms. The molecule has 0 heterocycles. The Morgan fingerprint density at radius 1 is 0.510 bits per heavy atom. The fourth-order valence-corrected chi connectivity index (χ4v) is 7.38. The number of carbonyl (C=O) groups excluding carboxylic acids is 3. The number of rotatable bonds is 37. The first kappa shape index (κ1) is 47.8. The lowest BCUT2D eigenvalue weighted by Gasteiger charge is -2.36. The molecule has 0 aromatic carbocycles. The predicted octanol–water partition coefficient (Wildman–Crippen LogP) is 10.2. The second-order valence-electron chi connectivity index (χ2n) is 14.6. The fraction of sp³-hybridized carbons (Fsp3) is 0.925. The zero-order chi connectivity index (χ0) is 36.6. The van der Waals surface area contributed by atoms with Crippen LogP contribution in [0.3, 0.4) is 0 Å². The first-order valence-electron chi connectivity index (χ1n) is 20.6. The molecule has 8 nitrogen and oxygen atoms in total. The van der Waals surface area contributed by atoms with Gasteiger partial charge in [0, 0.05) is 19.3 Å². The van der Waals surface area contributed by atoms with Gasteiger partial charge in [-0.1, -0.05) is 192 Å². The molecule has 0 rings (SSSR count). The molecule has 9 heteroatoms. The topological polar surface area (TPSA) is 150 Å². The minimum absolute atomic E-state index is 0.0322. The SMILES string of the molecule is CCCCCCCCCCCCCCCC(=O)C(N)(C(=O)CCCCCCCCCCCCCCC)C(O)(NC(=O)CCCCC)[P+](=O)[O-]. The predicted molar refractivity (Wildman–Crippen MR) is 202 cm³/mol. The number of amides is 1. The highest BCUT2D eigenvalue weighted by molar-refractivity contribution is 7.38. The van der Waals surface area contributed by atoms with E-state index in [0.29, 0.717) is 19.3 Å². The summed E-state index contributed by atoms with van der Waals surface area (Å²) in [5.41, 5.74) is 0.488. The summed E-state index contributed by atoms with van der Waals surface area (Å²) in [5.74, 6) is -2.40. The second-order valence-corrected chi connectivity index (χ2v) is 15.7. The maximum Gasteiger partial charge on any atom is 0.371 e. The molecule has 0 saturated carbocycles. The minimum atomic E-state index is -3.87. The van der Waals surface area contributed by atoms with Crippen LogP contribution in [0.4, 0.5) is 0 Å². The van der Waals surface area contributed by atoms with Crippen LogP contribution in [-0.4, -0.2) is 33.6 Å². The highest BCUT2D eigenvalue weighted by atomic mass is 31.1. The van der Waals surface area contributed by atoms with Crippen LogP contribution >= 0.6 is 8.03 Å². The third kappa shape index (κ3) is 21.7. The number of nitrogens with two attached hydrogens (primary N) is 1. The van der Waals surface area contributed by atoms with Crippen molar-refractivity contribution in [1.29, 1.82) is 0 Å². The van der Waals surface area contributed by atoms with Crippen molar-refractivity contribution < 1.29 is 28.9 Å². The van der Waals surface area contributed by atoms with Gasteiger partial charge in [-0.15, -0.1) is 0 Å². The average molecular weight is 713 g/mol. The lowest BCUT2D eigenvalue weighted by atomic mass is 9.82. The van der Waals surface area contributed by atoms with Gasteiger partial charge in [-0.05, 0) is 19.3 Å². The summed E-state index contributed by atoms with van der Waals surface area (Å²) in [5, 5.41) is 13.5. The van der Waals surface area contributed by atoms with Crippen LogP contribution in [0.15, 0.2) is 0 Å². The molecule has 0 fully saturated rings. The normalized spacial score (nSPS) is 13.3. The number of nitrogens with one attached hydrogen (secondary N) is 1. The van der Waals surface area contributed by atoms with Crippen molar-refractivity contribution in [1.82, 2.24) is 5.32 Å². The van der Waals surface area contributed by atoms with Crippen LogP contribution in [0.5, 0.6) is 0 Å². The first-order chi connectivity index (χ1) is 23.6. The number of Topliss-reactive ketones (excluding diaryl/α,β-unsaturated/α-hetero) is 2. The van der Waals surface area contributed by atoms with Gasteiger partial charge in [-0.3, -0.25) is 19.7 Å². The molecule has 288 valence electrons. The first-order valence-corrected chi connectivity index (χ1v) is 21.8. The number of hydrogen-bond acceptors (Lipinski definition) is 7. The molecule has 0 aliphatic rings. The van der Waals surface area contributed by atoms with Gasteiger partial charge in [-0.25, -0.2) is 0 Å². The van der Waals surface area contributed by atoms with Crippen molar-refractivity contribution >= 4 is 25.5 Å². The van der Waals surface area contributed by atoms with Crippen molar-refractivity contribution in [2.24, 2.45) is 5.73 Å². The van der Waals surface area contributed by atoms with Gasteiger partial charge in [0.1, 0.15) is 0 Å². The van der Waals surface area contributed by atoms with Crippen LogP contribution < -0.4 is 15.9 Å². The smallest absolute Gasteiger partial charge is 0.371 e. The van der Waals surface area contributed by atoms with Crippen molar-refractivity contribution in [3.05, 3.63) is 0 Å². The molecular weight excluding hydrogens is 635 g/mol. The van der Waals surface area contributed by atoms with Crippen LogP contribution in [0, 0.1) is 0 Å². The Morgan fingerprint density at radius 2 is 0.755 bits per heavy atom. The molecule has 0 spiro atoms. The summed E-state index contributed by atoms with van der Waals surface area (Å²) in [7, 11) is -3.87. The molecular formula is C40H77N2O6P. The molecule has 2 unspecified atom stereocenters. The van der Waals surface area contributed by atoms with E-state index >= 15 is 0 Å². The highest BCUT2D eigenvalue weighted by Gasteiger charge is 2.67. The summed E-state index contributed by atoms with van der Waals surface area (Å²) < 4.78 is 12.5. The van der Waals surface area contributed by atoms with E-state index in [1.54, 1.807) is 0 Å². The number of aliphatic hydroxyl groups is 1. The van der Waals surface area contributed by atoms with Crippen molar-refractivity contribution in [2.75, 3.05) is 0 Å². The standard InChI is InChI=1S/C40H77N2O6P/c1-4-7-10-12-14-16-18-20-22-24-26-28-31-33-36(43)39(41,40(46,49(47)48)42-38(45)35-30-9-6-3)37(44)34-32-29-27-25-23-21-19-17-15-13-11-8-5-2/h46H,4-35,41H2,1-3H3,(H,42,45). The molecule has 0 aromatic heterocycles. The molecule has 4 N–H and O–H groups in total. The molecule has 0 radical (unpaired) electrons. The zero-order valence-corrected chi connectivity index (χ0v) is 33.0. The molecule has 0 aliphatic carbocycles. The summed E-state index contributed by atoms with van der Waals surface area (Å²) in [6, 6.07) is 0. The largest absolute Gasteiger partial charge is 0.591 e. The summed E-state index contributed by atoms with van der Waals surface area (Å²) in [6.07, 6.45) is 31.0. The van der Waals surface area contributed by atoms with E-state index in [2.05, 4.69) is 19.2 Å². The fourth-order valence-electron chi connectivity index (χ4n) is 6.63. The zero-order valence-electron chi connectivity index (χ0n) is 32.1. The highest BCUT2D eigenvalue weighted by Crippen LogP contribution is 2.39. The monoisotopic (exact) mass is 713 g/mol. The summed E-state index contributed by atoms with van der Waals surface area (Å²) in [4.78, 5) is 52.4. The Morgan fingerprint density at radius 3 is 1.04 bits per heavy atom. The van der Waals surface area contributed by atoms with E-state index in [9.17, 15) is 28.9 Å². The summed E-state index contributed by atoms with van der Waals surface area (Å²) in [6.45, 7) is 6.43. The van der Waals surface area contributed by atoms with Crippen LogP contribution in [-0.2, 0) is 18.9 Å². The van der Waals surface area contributed by atoms with Gasteiger partial charge in [0.05, 0.1) is 0 Å². The van der Waals surface area contributed by atoms with Gasteiger partial charge in [-0.2, -0.15) is 0 Å². The van der Waals surface area contributed by atoms with Crippen LogP contribution in [0.1, 0.15) is 226 Å². The molecule has 0 saturated heterocycles. The van der Waals surface area contributed by atoms with E-state index in [0.717, 1.165) is 64.2 Å². The number of carbonyl (C=O) groups is 3. The van der Waals surface area contributed by atoms with Crippen LogP contribution in [0.2, 0.25) is 0 Å². The number of unbranched alkanes of at least 4 members (excludes halogenated alkanes) is 26. The average Bonchev–Trinajstić information content (AvgIpc) is 3.08. The van der Waals surface area contributed by atoms with Gasteiger partial charge >= 0.3 is 13.5 Å². The van der Waals surface area contributed by atoms with Gasteiger partial charge in [0.15, 0.2) is 11.6 Å². The lowest BCUT2D eigenvalue weighted by molar-refractivity contribution is -0.191. The number of ketones is 2. The maximum absolute atomic E-state index is 13.6. The molecule has 0 aromatic rings. The maximum atomic E-state index is 13.6. The third-order valence-electron chi connectivity index (χ3n) is 10.0. The second kappa shape index (κ2) is 31.5. The minimum Gasteiger partial charge on any atom is -0.591 e. The molecule has 1 amide bonds. The lowest BCUT2D eigenvalue weighted by Crippen LogP contribution is -2.75. The van der Waals surface area contributed by atoms with Gasteiger partial charge in [0.2, 0.25) is 11.4 Å². The summed E-state index contributed by atoms with van der Waals surface area (Å²) >= 11 is 0. The van der Waals surface area contributed by atoms with Gasteiger partial charge in [0.25, 0.3) is 0 Å². The molecule has 2 atom stereocenters. The van der Waals surface area contributed by atoms with Crippen molar-refractivity contribution in [2.45, 2.75) is 237 Å². The Bertz CT molecular complexity index is 828. The third-order valence-corrected chi connectivity index (χ3v) is 11.0. The van der Waals surface area contributed by atoms with E-state index in [4.69, 9.17) is 5.73 Å². The van der Waals surface area contributed by atoms with Crippen LogP contribution in [0.25, 0.3) is 0 Å². The Labute approximate surface area is 302 Å². The molecule has 0 aliphatic heterocycles. The van der Waals surface area contributed by atoms with Crippen molar-refractivity contribution in [3.8, 4) is 0 Å². The Balaban J connectivity index is 4.98. The van der Waals surface area contributed by atoms with E-state index in [-0.39, 0.29) is 19.3 Å². The quantitative estimate of drug-likeness (QED) is 0.0251. The Kier molecular flexibility index (Phi) is 30.7. The van der Waals surface area contributed by atoms with Crippen molar-refractivity contribution in [3.63, 3.8) is 0 Å². The number of hydrogen-bond donors (Lipinski definition) is 3. The van der Waals surface area contributed by atoms with E-state index < -0.39 is 36.5 Å². The van der Waals surface area contributed by atoms with E-state index in [1.165, 1.54) is 103 Å². The van der Waals surface area contributed by atoms with Gasteiger partial charge < -0.3 is 15.7 Å².